The molecule has 8 heteroatoms. The molecular weight excluding hydrogens is 466 g/mol. The van der Waals surface area contributed by atoms with Crippen LogP contribution < -0.4 is 24.6 Å². The predicted octanol–water partition coefficient (Wildman–Crippen LogP) is 4.79. The lowest BCUT2D eigenvalue weighted by Gasteiger charge is -2.11. The van der Waals surface area contributed by atoms with E-state index in [2.05, 4.69) is 15.9 Å². The fourth-order valence-electron chi connectivity index (χ4n) is 3.75. The number of ether oxygens (including phenoxy) is 4. The first-order valence-corrected chi connectivity index (χ1v) is 10.4. The maximum atomic E-state index is 12.9. The van der Waals surface area contributed by atoms with Gasteiger partial charge in [-0.1, -0.05) is 6.07 Å². The van der Waals surface area contributed by atoms with Crippen molar-refractivity contribution in [2.45, 2.75) is 13.0 Å². The SMILES string of the molecule is COc1ccc(CCn2cc(Br)c3c4cc(OC)c(OC)cc4oc(=O)c32)cc1OC. The third-order valence-electron chi connectivity index (χ3n) is 5.27. The Labute approximate surface area is 187 Å². The van der Waals surface area contributed by atoms with Crippen molar-refractivity contribution in [2.24, 2.45) is 0 Å². The first-order chi connectivity index (χ1) is 15.0. The number of methoxy groups -OCH3 is 4. The normalized spacial score (nSPS) is 11.1. The zero-order chi connectivity index (χ0) is 22.1. The molecule has 0 spiro atoms. The van der Waals surface area contributed by atoms with Crippen LogP contribution in [-0.2, 0) is 13.0 Å². The molecule has 0 bridgehead atoms. The average Bonchev–Trinajstić information content (AvgIpc) is 3.13. The van der Waals surface area contributed by atoms with E-state index in [1.807, 2.05) is 35.0 Å². The highest BCUT2D eigenvalue weighted by atomic mass is 79.9. The molecule has 0 unspecified atom stereocenters. The summed E-state index contributed by atoms with van der Waals surface area (Å²) in [6.07, 6.45) is 2.60. The van der Waals surface area contributed by atoms with E-state index in [0.29, 0.717) is 47.1 Å². The average molecular weight is 488 g/mol. The molecule has 0 amide bonds. The Morgan fingerprint density at radius 2 is 1.55 bits per heavy atom. The van der Waals surface area contributed by atoms with Gasteiger partial charge in [0.15, 0.2) is 23.0 Å². The van der Waals surface area contributed by atoms with E-state index in [9.17, 15) is 4.79 Å². The molecule has 0 N–H and O–H groups in total. The second-order valence-corrected chi connectivity index (χ2v) is 7.78. The fourth-order valence-corrected chi connectivity index (χ4v) is 4.40. The van der Waals surface area contributed by atoms with Gasteiger partial charge in [0.05, 0.1) is 28.4 Å². The highest BCUT2D eigenvalue weighted by Gasteiger charge is 2.19. The van der Waals surface area contributed by atoms with Crippen LogP contribution in [0.2, 0.25) is 0 Å². The van der Waals surface area contributed by atoms with Gasteiger partial charge in [-0.2, -0.15) is 0 Å². The smallest absolute Gasteiger partial charge is 0.361 e. The van der Waals surface area contributed by atoms with Crippen molar-refractivity contribution in [3.8, 4) is 23.0 Å². The number of fused-ring (bicyclic) bond motifs is 3. The molecule has 0 saturated carbocycles. The number of halogens is 1. The Balaban J connectivity index is 1.78. The molecule has 0 saturated heterocycles. The van der Waals surface area contributed by atoms with Gasteiger partial charge in [0.25, 0.3) is 0 Å². The van der Waals surface area contributed by atoms with E-state index < -0.39 is 5.63 Å². The van der Waals surface area contributed by atoms with Gasteiger partial charge in [0.1, 0.15) is 11.1 Å². The van der Waals surface area contributed by atoms with E-state index in [1.54, 1.807) is 34.5 Å². The monoisotopic (exact) mass is 487 g/mol. The Bertz CT molecular complexity index is 1320. The lowest BCUT2D eigenvalue weighted by molar-refractivity contribution is 0.354. The first-order valence-electron chi connectivity index (χ1n) is 9.58. The van der Waals surface area contributed by atoms with Gasteiger partial charge in [-0.15, -0.1) is 0 Å². The summed E-state index contributed by atoms with van der Waals surface area (Å²) in [6.45, 7) is 0.584. The molecule has 0 fully saturated rings. The van der Waals surface area contributed by atoms with Gasteiger partial charge in [0, 0.05) is 34.1 Å². The molecule has 162 valence electrons. The standard InChI is InChI=1S/C23H22BrNO6/c1-27-16-6-5-13(9-18(16)28-2)7-8-25-12-15(24)21-14-10-19(29-3)20(30-4)11-17(14)31-23(26)22(21)25/h5-6,9-12H,7-8H2,1-4H3. The molecule has 2 aromatic heterocycles. The molecule has 2 heterocycles. The van der Waals surface area contributed by atoms with Crippen LogP contribution in [0.5, 0.6) is 23.0 Å². The lowest BCUT2D eigenvalue weighted by Crippen LogP contribution is -2.08. The van der Waals surface area contributed by atoms with Crippen molar-refractivity contribution in [1.82, 2.24) is 4.57 Å². The third-order valence-corrected chi connectivity index (χ3v) is 5.87. The number of hydrogen-bond donors (Lipinski definition) is 0. The van der Waals surface area contributed by atoms with E-state index in [0.717, 1.165) is 20.8 Å². The van der Waals surface area contributed by atoms with Crippen LogP contribution in [0.1, 0.15) is 5.56 Å². The molecule has 0 aliphatic heterocycles. The summed E-state index contributed by atoms with van der Waals surface area (Å²) in [4.78, 5) is 12.9. The van der Waals surface area contributed by atoms with Crippen LogP contribution in [0.4, 0.5) is 0 Å². The van der Waals surface area contributed by atoms with E-state index in [1.165, 1.54) is 0 Å². The van der Waals surface area contributed by atoms with Gasteiger partial charge in [-0.05, 0) is 46.1 Å². The number of nitrogens with zero attached hydrogens (tertiary/aromatic N) is 1. The van der Waals surface area contributed by atoms with Crippen molar-refractivity contribution in [1.29, 1.82) is 0 Å². The summed E-state index contributed by atoms with van der Waals surface area (Å²) in [5.74, 6) is 2.42. The van der Waals surface area contributed by atoms with Crippen LogP contribution >= 0.6 is 15.9 Å². The zero-order valence-electron chi connectivity index (χ0n) is 17.7. The first kappa shape index (κ1) is 21.1. The number of rotatable bonds is 7. The Morgan fingerprint density at radius 1 is 0.903 bits per heavy atom. The minimum absolute atomic E-state index is 0.410. The van der Waals surface area contributed by atoms with Crippen molar-refractivity contribution < 1.29 is 23.4 Å². The quantitative estimate of drug-likeness (QED) is 0.349. The van der Waals surface area contributed by atoms with E-state index >= 15 is 0 Å². The molecule has 4 aromatic rings. The molecule has 0 atom stereocenters. The van der Waals surface area contributed by atoms with Crippen LogP contribution in [-0.4, -0.2) is 33.0 Å². The van der Waals surface area contributed by atoms with Crippen molar-refractivity contribution >= 4 is 37.8 Å². The number of benzene rings is 2. The topological polar surface area (TPSA) is 72.1 Å². The highest BCUT2D eigenvalue weighted by molar-refractivity contribution is 9.10. The van der Waals surface area contributed by atoms with Crippen molar-refractivity contribution in [3.05, 3.63) is 57.0 Å². The lowest BCUT2D eigenvalue weighted by atomic mass is 10.1. The summed E-state index contributed by atoms with van der Waals surface area (Å²) in [7, 11) is 6.33. The molecule has 0 aliphatic carbocycles. The summed E-state index contributed by atoms with van der Waals surface area (Å²) in [6, 6.07) is 9.29. The van der Waals surface area contributed by atoms with Gasteiger partial charge in [0.2, 0.25) is 0 Å². The van der Waals surface area contributed by atoms with Crippen molar-refractivity contribution in [3.63, 3.8) is 0 Å². The minimum Gasteiger partial charge on any atom is -0.493 e. The molecule has 2 aromatic carbocycles. The molecular formula is C23H22BrNO6. The molecule has 31 heavy (non-hydrogen) atoms. The van der Waals surface area contributed by atoms with Gasteiger partial charge >= 0.3 is 5.63 Å². The largest absolute Gasteiger partial charge is 0.493 e. The summed E-state index contributed by atoms with van der Waals surface area (Å²) < 4.78 is 29.8. The number of aromatic nitrogens is 1. The minimum atomic E-state index is -0.410. The van der Waals surface area contributed by atoms with Gasteiger partial charge < -0.3 is 27.9 Å². The number of aryl methyl sites for hydroxylation is 2. The van der Waals surface area contributed by atoms with Gasteiger partial charge in [-0.3, -0.25) is 0 Å². The van der Waals surface area contributed by atoms with Crippen LogP contribution in [0.3, 0.4) is 0 Å². The highest BCUT2D eigenvalue weighted by Crippen LogP contribution is 2.38. The Hall–Kier alpha value is -3.13. The maximum Gasteiger partial charge on any atom is 0.361 e. The van der Waals surface area contributed by atoms with E-state index in [4.69, 9.17) is 23.4 Å². The summed E-state index contributed by atoms with van der Waals surface area (Å²) >= 11 is 3.61. The predicted molar refractivity (Wildman–Crippen MR) is 122 cm³/mol. The molecule has 4 rings (SSSR count). The molecule has 0 aliphatic rings. The van der Waals surface area contributed by atoms with Crippen LogP contribution in [0.25, 0.3) is 21.9 Å². The third kappa shape index (κ3) is 3.72. The maximum absolute atomic E-state index is 12.9. The molecule has 0 radical (unpaired) electrons. The summed E-state index contributed by atoms with van der Waals surface area (Å²) in [5.41, 5.74) is 1.58. The Kier molecular flexibility index (Phi) is 5.82. The van der Waals surface area contributed by atoms with Crippen molar-refractivity contribution in [2.75, 3.05) is 28.4 Å². The van der Waals surface area contributed by atoms with Gasteiger partial charge in [-0.25, -0.2) is 4.79 Å². The fraction of sp³-hybridized carbons (Fsp3) is 0.261. The second-order valence-electron chi connectivity index (χ2n) is 6.93. The van der Waals surface area contributed by atoms with Crippen LogP contribution in [0, 0.1) is 0 Å². The summed E-state index contributed by atoms with van der Waals surface area (Å²) in [5, 5.41) is 1.54. The van der Waals surface area contributed by atoms with Crippen LogP contribution in [0.15, 0.2) is 50.2 Å². The van der Waals surface area contributed by atoms with E-state index in [-0.39, 0.29) is 0 Å². The molecule has 7 nitrogen and oxygen atoms in total. The Morgan fingerprint density at radius 3 is 2.23 bits per heavy atom. The second kappa shape index (κ2) is 8.55. The zero-order valence-corrected chi connectivity index (χ0v) is 19.2. The number of hydrogen-bond acceptors (Lipinski definition) is 6.